The molecule has 4 aromatic rings. The summed E-state index contributed by atoms with van der Waals surface area (Å²) in [6.07, 6.45) is 0.103. The van der Waals surface area contributed by atoms with Gasteiger partial charge in [0.2, 0.25) is 0 Å². The summed E-state index contributed by atoms with van der Waals surface area (Å²) in [6, 6.07) is 32.0. The topological polar surface area (TPSA) is 75.7 Å². The van der Waals surface area contributed by atoms with Crippen LogP contribution < -0.4 is 14.4 Å². The molecule has 0 atom stereocenters. The highest BCUT2D eigenvalue weighted by Crippen LogP contribution is 2.26. The van der Waals surface area contributed by atoms with Crippen molar-refractivity contribution in [2.75, 3.05) is 4.31 Å². The van der Waals surface area contributed by atoms with Crippen LogP contribution in [0.5, 0.6) is 5.75 Å². The van der Waals surface area contributed by atoms with E-state index in [0.717, 1.165) is 16.9 Å². The van der Waals surface area contributed by atoms with Crippen molar-refractivity contribution in [1.82, 2.24) is 5.32 Å². The van der Waals surface area contributed by atoms with E-state index in [4.69, 9.17) is 4.74 Å². The number of benzene rings is 4. The zero-order valence-electron chi connectivity index (χ0n) is 20.9. The van der Waals surface area contributed by atoms with Crippen LogP contribution >= 0.6 is 0 Å². The van der Waals surface area contributed by atoms with Gasteiger partial charge in [0, 0.05) is 12.1 Å². The second-order valence-corrected chi connectivity index (χ2v) is 10.7. The number of sulfonamides is 1. The van der Waals surface area contributed by atoms with Gasteiger partial charge in [0.15, 0.2) is 0 Å². The van der Waals surface area contributed by atoms with Gasteiger partial charge in [-0.3, -0.25) is 9.10 Å². The number of ether oxygens (including phenoxy) is 1. The summed E-state index contributed by atoms with van der Waals surface area (Å²) in [6.45, 7) is 4.47. The van der Waals surface area contributed by atoms with Crippen molar-refractivity contribution < 1.29 is 17.9 Å². The van der Waals surface area contributed by atoms with E-state index in [9.17, 15) is 13.2 Å². The summed E-state index contributed by atoms with van der Waals surface area (Å²) in [7, 11) is -3.78. The van der Waals surface area contributed by atoms with Crippen molar-refractivity contribution in [3.05, 3.63) is 126 Å². The minimum absolute atomic E-state index is 0.103. The molecule has 0 unspecified atom stereocenters. The lowest BCUT2D eigenvalue weighted by Gasteiger charge is -2.25. The Morgan fingerprint density at radius 3 is 1.95 bits per heavy atom. The van der Waals surface area contributed by atoms with Gasteiger partial charge in [0.1, 0.15) is 5.75 Å². The molecule has 6 nitrogen and oxygen atoms in total. The molecule has 0 bridgehead atoms. The third kappa shape index (κ3) is 6.77. The quantitative estimate of drug-likeness (QED) is 0.290. The maximum Gasteiger partial charge on any atom is 0.264 e. The molecule has 0 fully saturated rings. The van der Waals surface area contributed by atoms with Crippen LogP contribution in [0.2, 0.25) is 0 Å². The number of hydrogen-bond donors (Lipinski definition) is 1. The van der Waals surface area contributed by atoms with Crippen molar-refractivity contribution in [3.63, 3.8) is 0 Å². The monoisotopic (exact) mass is 514 g/mol. The second-order valence-electron chi connectivity index (χ2n) is 8.85. The average Bonchev–Trinajstić information content (AvgIpc) is 2.92. The Morgan fingerprint density at radius 1 is 0.784 bits per heavy atom. The molecule has 0 aromatic heterocycles. The van der Waals surface area contributed by atoms with Gasteiger partial charge in [0.05, 0.1) is 23.2 Å². The van der Waals surface area contributed by atoms with Crippen LogP contribution in [0.15, 0.2) is 114 Å². The number of para-hydroxylation sites is 1. The predicted octanol–water partition coefficient (Wildman–Crippen LogP) is 5.80. The van der Waals surface area contributed by atoms with Gasteiger partial charge in [-0.05, 0) is 73.5 Å². The number of hydrogen-bond acceptors (Lipinski definition) is 4. The predicted molar refractivity (Wildman–Crippen MR) is 146 cm³/mol. The normalized spacial score (nSPS) is 11.2. The lowest BCUT2D eigenvalue weighted by Crippen LogP contribution is -2.30. The van der Waals surface area contributed by atoms with Gasteiger partial charge in [-0.15, -0.1) is 0 Å². The maximum atomic E-state index is 13.5. The molecule has 37 heavy (non-hydrogen) atoms. The van der Waals surface area contributed by atoms with Crippen molar-refractivity contribution in [2.24, 2.45) is 0 Å². The number of anilines is 1. The number of nitrogens with one attached hydrogen (secondary N) is 1. The van der Waals surface area contributed by atoms with E-state index in [1.807, 2.05) is 44.2 Å². The molecule has 0 heterocycles. The lowest BCUT2D eigenvalue weighted by atomic mass is 10.1. The number of carbonyl (C=O) groups is 1. The van der Waals surface area contributed by atoms with E-state index in [1.165, 1.54) is 4.31 Å². The Kier molecular flexibility index (Phi) is 8.25. The van der Waals surface area contributed by atoms with E-state index in [-0.39, 0.29) is 23.5 Å². The zero-order valence-corrected chi connectivity index (χ0v) is 21.7. The molecule has 0 aliphatic heterocycles. The number of carbonyl (C=O) groups excluding carboxylic acids is 1. The van der Waals surface area contributed by atoms with Crippen molar-refractivity contribution in [2.45, 2.75) is 37.9 Å². The highest BCUT2D eigenvalue weighted by atomic mass is 32.2. The van der Waals surface area contributed by atoms with E-state index < -0.39 is 10.0 Å². The van der Waals surface area contributed by atoms with Crippen LogP contribution in [0, 0.1) is 0 Å². The molecule has 0 saturated heterocycles. The first-order chi connectivity index (χ1) is 17.8. The molecule has 4 aromatic carbocycles. The van der Waals surface area contributed by atoms with Crippen LogP contribution in [-0.4, -0.2) is 20.4 Å². The van der Waals surface area contributed by atoms with Gasteiger partial charge in [0.25, 0.3) is 15.9 Å². The first-order valence-corrected chi connectivity index (χ1v) is 13.5. The van der Waals surface area contributed by atoms with Gasteiger partial charge in [-0.25, -0.2) is 8.42 Å². The van der Waals surface area contributed by atoms with Gasteiger partial charge < -0.3 is 10.1 Å². The third-order valence-electron chi connectivity index (χ3n) is 5.67. The van der Waals surface area contributed by atoms with E-state index >= 15 is 0 Å². The van der Waals surface area contributed by atoms with Crippen LogP contribution in [0.25, 0.3) is 0 Å². The summed E-state index contributed by atoms with van der Waals surface area (Å²) in [5.41, 5.74) is 2.80. The molecule has 1 amide bonds. The first kappa shape index (κ1) is 26.0. The molecule has 0 saturated carbocycles. The van der Waals surface area contributed by atoms with Gasteiger partial charge in [-0.1, -0.05) is 60.7 Å². The molecule has 0 radical (unpaired) electrons. The highest BCUT2D eigenvalue weighted by molar-refractivity contribution is 7.92. The van der Waals surface area contributed by atoms with Gasteiger partial charge in [-0.2, -0.15) is 0 Å². The fourth-order valence-corrected chi connectivity index (χ4v) is 5.27. The molecule has 190 valence electrons. The van der Waals surface area contributed by atoms with Crippen LogP contribution in [0.4, 0.5) is 5.69 Å². The molecule has 0 spiro atoms. The van der Waals surface area contributed by atoms with Crippen LogP contribution in [0.1, 0.15) is 35.3 Å². The fraction of sp³-hybridized carbons (Fsp3) is 0.167. The Labute approximate surface area is 218 Å². The number of rotatable bonds is 10. The Morgan fingerprint density at radius 2 is 1.35 bits per heavy atom. The smallest absolute Gasteiger partial charge is 0.264 e. The minimum atomic E-state index is -3.78. The van der Waals surface area contributed by atoms with E-state index in [0.29, 0.717) is 17.8 Å². The fourth-order valence-electron chi connectivity index (χ4n) is 3.80. The van der Waals surface area contributed by atoms with Crippen molar-refractivity contribution in [3.8, 4) is 5.75 Å². The summed E-state index contributed by atoms with van der Waals surface area (Å²) in [5.74, 6) is 0.588. The molecular formula is C30H30N2O4S. The van der Waals surface area contributed by atoms with Crippen molar-refractivity contribution in [1.29, 1.82) is 0 Å². The maximum absolute atomic E-state index is 13.5. The summed E-state index contributed by atoms with van der Waals surface area (Å²) < 4.78 is 33.9. The molecule has 4 rings (SSSR count). The zero-order chi connectivity index (χ0) is 26.3. The van der Waals surface area contributed by atoms with Crippen LogP contribution in [-0.2, 0) is 23.1 Å². The largest absolute Gasteiger partial charge is 0.491 e. The Hall–Kier alpha value is -4.10. The summed E-state index contributed by atoms with van der Waals surface area (Å²) >= 11 is 0. The second kappa shape index (κ2) is 11.8. The number of amides is 1. The Balaban J connectivity index is 1.45. The first-order valence-electron chi connectivity index (χ1n) is 12.1. The number of nitrogens with zero attached hydrogens (tertiary/aromatic N) is 1. The third-order valence-corrected chi connectivity index (χ3v) is 7.45. The average molecular weight is 515 g/mol. The minimum Gasteiger partial charge on any atom is -0.491 e. The molecule has 0 aliphatic rings. The molecular weight excluding hydrogens is 484 g/mol. The van der Waals surface area contributed by atoms with Crippen molar-refractivity contribution >= 4 is 21.6 Å². The standard InChI is InChI=1S/C30H30N2O4S/c1-23(2)36-28-19-15-24(16-20-28)21-31-30(33)26-17-13-25(14-18-26)22-32(27-9-5-3-6-10-27)37(34,35)29-11-7-4-8-12-29/h3-20,23H,21-22H2,1-2H3,(H,31,33). The van der Waals surface area contributed by atoms with E-state index in [2.05, 4.69) is 5.32 Å². The molecule has 7 heteroatoms. The summed E-state index contributed by atoms with van der Waals surface area (Å²) in [5, 5.41) is 2.92. The van der Waals surface area contributed by atoms with E-state index in [1.54, 1.807) is 78.9 Å². The Bertz CT molecular complexity index is 1400. The molecule has 0 aliphatic carbocycles. The summed E-state index contributed by atoms with van der Waals surface area (Å²) in [4.78, 5) is 12.9. The highest BCUT2D eigenvalue weighted by Gasteiger charge is 2.25. The van der Waals surface area contributed by atoms with Gasteiger partial charge >= 0.3 is 0 Å². The lowest BCUT2D eigenvalue weighted by molar-refractivity contribution is 0.0951. The molecule has 1 N–H and O–H groups in total. The SMILES string of the molecule is CC(C)Oc1ccc(CNC(=O)c2ccc(CN(c3ccccc3)S(=O)(=O)c3ccccc3)cc2)cc1. The van der Waals surface area contributed by atoms with Crippen LogP contribution in [0.3, 0.4) is 0 Å².